The topological polar surface area (TPSA) is 92.3 Å². The first-order valence-corrected chi connectivity index (χ1v) is 3.15. The van der Waals surface area contributed by atoms with Crippen molar-refractivity contribution in [2.45, 2.75) is 6.42 Å². The second kappa shape index (κ2) is 3.16. The highest BCUT2D eigenvalue weighted by atomic mass is 16.3. The highest BCUT2D eigenvalue weighted by Gasteiger charge is 2.04. The molecule has 0 amide bonds. The van der Waals surface area contributed by atoms with Gasteiger partial charge >= 0.3 is 0 Å². The number of nitrogens with zero attached hydrogens (tertiary/aromatic N) is 2. The summed E-state index contributed by atoms with van der Waals surface area (Å²) < 4.78 is 0. The minimum atomic E-state index is -0.282. The van der Waals surface area contributed by atoms with E-state index < -0.39 is 0 Å². The minimum Gasteiger partial charge on any atom is -0.491 e. The molecule has 0 radical (unpaired) electrons. The zero-order valence-electron chi connectivity index (χ0n) is 5.86. The van der Waals surface area contributed by atoms with Crippen molar-refractivity contribution in [2.24, 2.45) is 0 Å². The predicted molar refractivity (Wildman–Crippen MR) is 38.9 cm³/mol. The van der Waals surface area contributed by atoms with Crippen LogP contribution in [-0.4, -0.2) is 27.0 Å². The first-order chi connectivity index (χ1) is 5.25. The molecule has 5 nitrogen and oxygen atoms in total. The number of anilines is 1. The van der Waals surface area contributed by atoms with Crippen LogP contribution in [0.5, 0.6) is 5.88 Å². The Morgan fingerprint density at radius 2 is 2.27 bits per heavy atom. The average Bonchev–Trinajstić information content (AvgIpc) is 1.99. The van der Waals surface area contributed by atoms with Crippen LogP contribution in [0.3, 0.4) is 0 Å². The number of nitrogen functional groups attached to an aromatic ring is 1. The van der Waals surface area contributed by atoms with E-state index in [1.54, 1.807) is 0 Å². The number of hydrogen-bond donors (Lipinski definition) is 3. The van der Waals surface area contributed by atoms with E-state index in [0.29, 0.717) is 12.0 Å². The van der Waals surface area contributed by atoms with Crippen molar-refractivity contribution in [1.29, 1.82) is 0 Å². The Bertz CT molecular complexity index is 252. The van der Waals surface area contributed by atoms with Crippen molar-refractivity contribution in [3.8, 4) is 5.88 Å². The molecule has 0 atom stereocenters. The van der Waals surface area contributed by atoms with Gasteiger partial charge in [0, 0.05) is 12.2 Å². The first-order valence-electron chi connectivity index (χ1n) is 3.15. The fourth-order valence-corrected chi connectivity index (χ4v) is 0.740. The van der Waals surface area contributed by atoms with Gasteiger partial charge in [-0.2, -0.15) is 5.10 Å². The standard InChI is InChI=1S/C6H9N3O2/c7-5-4(1-2-10)3-8-9-6(5)11/h3,10H,1-2H2,(H2,7,8)(H,9,11). The van der Waals surface area contributed by atoms with E-state index in [0.717, 1.165) is 0 Å². The maximum Gasteiger partial charge on any atom is 0.254 e. The number of hydrogen-bond acceptors (Lipinski definition) is 5. The molecule has 4 N–H and O–H groups in total. The zero-order chi connectivity index (χ0) is 8.27. The van der Waals surface area contributed by atoms with E-state index in [9.17, 15) is 0 Å². The fourth-order valence-electron chi connectivity index (χ4n) is 0.740. The summed E-state index contributed by atoms with van der Waals surface area (Å²) in [7, 11) is 0. The molecule has 0 spiro atoms. The first kappa shape index (κ1) is 7.74. The molecule has 0 unspecified atom stereocenters. The molecule has 1 rings (SSSR count). The molecule has 0 aliphatic carbocycles. The van der Waals surface area contributed by atoms with E-state index in [1.807, 2.05) is 0 Å². The van der Waals surface area contributed by atoms with Crippen LogP contribution in [0.15, 0.2) is 6.20 Å². The van der Waals surface area contributed by atoms with Gasteiger partial charge in [-0.25, -0.2) is 0 Å². The molecule has 60 valence electrons. The molecular weight excluding hydrogens is 146 g/mol. The lowest BCUT2D eigenvalue weighted by Gasteiger charge is -2.01. The van der Waals surface area contributed by atoms with E-state index in [2.05, 4.69) is 10.2 Å². The van der Waals surface area contributed by atoms with Gasteiger partial charge in [0.1, 0.15) is 5.69 Å². The van der Waals surface area contributed by atoms with Gasteiger partial charge in [-0.3, -0.25) is 0 Å². The van der Waals surface area contributed by atoms with Crippen molar-refractivity contribution in [1.82, 2.24) is 10.2 Å². The largest absolute Gasteiger partial charge is 0.491 e. The summed E-state index contributed by atoms with van der Waals surface area (Å²) in [6.45, 7) is -0.0185. The van der Waals surface area contributed by atoms with E-state index in [4.69, 9.17) is 15.9 Å². The Balaban J connectivity index is 2.96. The van der Waals surface area contributed by atoms with Crippen LogP contribution in [0, 0.1) is 0 Å². The summed E-state index contributed by atoms with van der Waals surface area (Å²) in [5, 5.41) is 24.3. The summed E-state index contributed by atoms with van der Waals surface area (Å²) in [5.74, 6) is -0.282. The number of aliphatic hydroxyl groups excluding tert-OH is 1. The van der Waals surface area contributed by atoms with Gasteiger partial charge < -0.3 is 15.9 Å². The highest BCUT2D eigenvalue weighted by molar-refractivity contribution is 5.52. The quantitative estimate of drug-likeness (QED) is 0.525. The molecule has 1 aromatic rings. The van der Waals surface area contributed by atoms with Gasteiger partial charge in [0.15, 0.2) is 0 Å². The highest BCUT2D eigenvalue weighted by Crippen LogP contribution is 2.18. The SMILES string of the molecule is Nc1c(CCO)cnnc1O. The Morgan fingerprint density at radius 1 is 1.55 bits per heavy atom. The number of aromatic nitrogens is 2. The average molecular weight is 155 g/mol. The number of aromatic hydroxyl groups is 1. The lowest BCUT2D eigenvalue weighted by molar-refractivity contribution is 0.299. The van der Waals surface area contributed by atoms with Crippen LogP contribution in [0.2, 0.25) is 0 Å². The van der Waals surface area contributed by atoms with Crippen LogP contribution >= 0.6 is 0 Å². The third-order valence-corrected chi connectivity index (χ3v) is 1.33. The number of rotatable bonds is 2. The number of aliphatic hydroxyl groups is 1. The van der Waals surface area contributed by atoms with Crippen LogP contribution in [-0.2, 0) is 6.42 Å². The Hall–Kier alpha value is -1.36. The van der Waals surface area contributed by atoms with Crippen LogP contribution in [0.4, 0.5) is 5.69 Å². The second-order valence-corrected chi connectivity index (χ2v) is 2.08. The predicted octanol–water partition coefficient (Wildman–Crippen LogP) is -0.701. The monoisotopic (exact) mass is 155 g/mol. The molecule has 0 aromatic carbocycles. The molecule has 0 aliphatic heterocycles. The van der Waals surface area contributed by atoms with Crippen molar-refractivity contribution in [3.63, 3.8) is 0 Å². The summed E-state index contributed by atoms with van der Waals surface area (Å²) >= 11 is 0. The van der Waals surface area contributed by atoms with Crippen molar-refractivity contribution >= 4 is 5.69 Å². The van der Waals surface area contributed by atoms with Crippen molar-refractivity contribution < 1.29 is 10.2 Å². The zero-order valence-corrected chi connectivity index (χ0v) is 5.86. The van der Waals surface area contributed by atoms with Crippen LogP contribution in [0.25, 0.3) is 0 Å². The third-order valence-electron chi connectivity index (χ3n) is 1.33. The molecule has 0 saturated heterocycles. The van der Waals surface area contributed by atoms with Gasteiger partial charge in [-0.05, 0) is 6.42 Å². The molecule has 0 bridgehead atoms. The lowest BCUT2D eigenvalue weighted by atomic mass is 10.2. The van der Waals surface area contributed by atoms with E-state index >= 15 is 0 Å². The van der Waals surface area contributed by atoms with Crippen molar-refractivity contribution in [2.75, 3.05) is 12.3 Å². The fraction of sp³-hybridized carbons (Fsp3) is 0.333. The molecular formula is C6H9N3O2. The Labute approximate surface area is 63.5 Å². The van der Waals surface area contributed by atoms with Gasteiger partial charge in [-0.15, -0.1) is 5.10 Å². The van der Waals surface area contributed by atoms with Gasteiger partial charge in [-0.1, -0.05) is 0 Å². The summed E-state index contributed by atoms with van der Waals surface area (Å²) in [6, 6.07) is 0. The van der Waals surface area contributed by atoms with Gasteiger partial charge in [0.2, 0.25) is 0 Å². The summed E-state index contributed by atoms with van der Waals surface area (Å²) in [5.41, 5.74) is 6.21. The van der Waals surface area contributed by atoms with E-state index in [1.165, 1.54) is 6.20 Å². The summed E-state index contributed by atoms with van der Waals surface area (Å²) in [6.07, 6.45) is 1.81. The smallest absolute Gasteiger partial charge is 0.254 e. The molecule has 11 heavy (non-hydrogen) atoms. The molecule has 1 aromatic heterocycles. The second-order valence-electron chi connectivity index (χ2n) is 2.08. The number of nitrogens with two attached hydrogens (primary N) is 1. The Morgan fingerprint density at radius 3 is 2.91 bits per heavy atom. The minimum absolute atomic E-state index is 0.0185. The molecule has 0 fully saturated rings. The van der Waals surface area contributed by atoms with E-state index in [-0.39, 0.29) is 18.2 Å². The molecule has 0 saturated carbocycles. The van der Waals surface area contributed by atoms with Gasteiger partial charge in [0.05, 0.1) is 6.20 Å². The normalized spacial score (nSPS) is 9.91. The summed E-state index contributed by atoms with van der Waals surface area (Å²) in [4.78, 5) is 0. The molecule has 1 heterocycles. The Kier molecular flexibility index (Phi) is 2.22. The van der Waals surface area contributed by atoms with Crippen molar-refractivity contribution in [3.05, 3.63) is 11.8 Å². The lowest BCUT2D eigenvalue weighted by Crippen LogP contribution is -2.00. The maximum atomic E-state index is 8.95. The van der Waals surface area contributed by atoms with Crippen LogP contribution < -0.4 is 5.73 Å². The third kappa shape index (κ3) is 1.56. The van der Waals surface area contributed by atoms with Gasteiger partial charge in [0.25, 0.3) is 5.88 Å². The molecule has 0 aliphatic rings. The van der Waals surface area contributed by atoms with Crippen LogP contribution in [0.1, 0.15) is 5.56 Å². The molecule has 5 heteroatoms. The maximum absolute atomic E-state index is 8.95.